The molecule has 2 atom stereocenters. The number of rotatable bonds is 52. The van der Waals surface area contributed by atoms with Gasteiger partial charge in [0, 0.05) is 19.3 Å². The minimum Gasteiger partial charge on any atom is -0.462 e. The monoisotopic (exact) mass is 905 g/mol. The molecule has 6 heteroatoms. The maximum absolute atomic E-state index is 12.8. The molecule has 0 aliphatic rings. The summed E-state index contributed by atoms with van der Waals surface area (Å²) >= 11 is 0. The molecule has 0 rings (SSSR count). The summed E-state index contributed by atoms with van der Waals surface area (Å²) in [5.74, 6) is 0.858. The highest BCUT2D eigenvalue weighted by atomic mass is 16.6. The number of ether oxygens (including phenoxy) is 3. The summed E-state index contributed by atoms with van der Waals surface area (Å²) in [6.07, 6.45) is 53.7. The van der Waals surface area contributed by atoms with E-state index in [1.807, 2.05) is 0 Å². The first-order chi connectivity index (χ1) is 31.3. The van der Waals surface area contributed by atoms with Crippen LogP contribution < -0.4 is 0 Å². The van der Waals surface area contributed by atoms with Crippen molar-refractivity contribution in [2.45, 2.75) is 330 Å². The van der Waals surface area contributed by atoms with E-state index in [9.17, 15) is 14.4 Å². The van der Waals surface area contributed by atoms with E-state index in [2.05, 4.69) is 34.6 Å². The third-order valence-electron chi connectivity index (χ3n) is 13.6. The Morgan fingerprint density at radius 1 is 0.328 bits per heavy atom. The second-order valence-corrected chi connectivity index (χ2v) is 20.6. The van der Waals surface area contributed by atoms with Crippen molar-refractivity contribution in [3.8, 4) is 0 Å². The maximum atomic E-state index is 12.8. The van der Waals surface area contributed by atoms with Gasteiger partial charge < -0.3 is 14.2 Å². The molecule has 0 heterocycles. The molecule has 0 aromatic heterocycles. The molecule has 0 N–H and O–H groups in total. The van der Waals surface area contributed by atoms with Crippen molar-refractivity contribution >= 4 is 17.9 Å². The number of hydrogen-bond donors (Lipinski definition) is 0. The summed E-state index contributed by atoms with van der Waals surface area (Å²) in [5, 5.41) is 0. The average molecular weight is 906 g/mol. The van der Waals surface area contributed by atoms with Crippen molar-refractivity contribution in [1.82, 2.24) is 0 Å². The zero-order valence-electron chi connectivity index (χ0n) is 43.9. The van der Waals surface area contributed by atoms with E-state index in [-0.39, 0.29) is 31.1 Å². The number of unbranched alkanes of at least 4 members (excludes halogenated alkanes) is 36. The summed E-state index contributed by atoms with van der Waals surface area (Å²) in [4.78, 5) is 38.1. The van der Waals surface area contributed by atoms with Crippen LogP contribution in [0.5, 0.6) is 0 Å². The topological polar surface area (TPSA) is 78.9 Å². The van der Waals surface area contributed by atoms with E-state index in [1.54, 1.807) is 0 Å². The fourth-order valence-electron chi connectivity index (χ4n) is 8.84. The number of hydrogen-bond acceptors (Lipinski definition) is 6. The predicted molar refractivity (Wildman–Crippen MR) is 275 cm³/mol. The molecule has 0 saturated carbocycles. The minimum absolute atomic E-state index is 0.0630. The van der Waals surface area contributed by atoms with Gasteiger partial charge in [-0.05, 0) is 31.1 Å². The van der Waals surface area contributed by atoms with Crippen molar-refractivity contribution in [3.05, 3.63) is 0 Å². The van der Waals surface area contributed by atoms with Gasteiger partial charge in [0.05, 0.1) is 0 Å². The molecule has 0 saturated heterocycles. The Balaban J connectivity index is 4.28. The van der Waals surface area contributed by atoms with E-state index in [0.29, 0.717) is 19.3 Å². The fourth-order valence-corrected chi connectivity index (χ4v) is 8.84. The van der Waals surface area contributed by atoms with Crippen LogP contribution in [-0.2, 0) is 28.6 Å². The molecule has 0 radical (unpaired) electrons. The molecule has 0 amide bonds. The van der Waals surface area contributed by atoms with Gasteiger partial charge in [-0.15, -0.1) is 0 Å². The van der Waals surface area contributed by atoms with Crippen LogP contribution in [0.2, 0.25) is 0 Å². The Morgan fingerprint density at radius 2 is 0.594 bits per heavy atom. The van der Waals surface area contributed by atoms with Crippen molar-refractivity contribution in [2.75, 3.05) is 13.2 Å². The van der Waals surface area contributed by atoms with Crippen LogP contribution in [0.1, 0.15) is 324 Å². The Bertz CT molecular complexity index is 980. The van der Waals surface area contributed by atoms with Crippen LogP contribution in [0.25, 0.3) is 0 Å². The predicted octanol–water partition coefficient (Wildman–Crippen LogP) is 18.9. The normalized spacial score (nSPS) is 12.5. The smallest absolute Gasteiger partial charge is 0.306 e. The summed E-state index contributed by atoms with van der Waals surface area (Å²) < 4.78 is 16.9. The van der Waals surface area contributed by atoms with Crippen LogP contribution in [-0.4, -0.2) is 37.2 Å². The van der Waals surface area contributed by atoms with E-state index in [1.165, 1.54) is 212 Å². The molecule has 0 aromatic rings. The standard InChI is InChI=1S/C58H112O6/c1-6-8-9-10-11-12-13-14-17-21-24-27-33-38-43-48-56(59)62-51-55(52-63-57(60)49-44-39-34-30-29-32-37-42-47-54(5)7-2)64-58(61)50-45-40-35-28-25-22-19-16-15-18-20-23-26-31-36-41-46-53(3)4/h53-55H,6-52H2,1-5H3/t54?,55-/m1/s1. The summed E-state index contributed by atoms with van der Waals surface area (Å²) in [6, 6.07) is 0. The molecule has 0 fully saturated rings. The van der Waals surface area contributed by atoms with Gasteiger partial charge in [-0.1, -0.05) is 285 Å². The van der Waals surface area contributed by atoms with Gasteiger partial charge in [0.2, 0.25) is 0 Å². The summed E-state index contributed by atoms with van der Waals surface area (Å²) in [6.45, 7) is 11.4. The molecule has 64 heavy (non-hydrogen) atoms. The molecular weight excluding hydrogens is 793 g/mol. The van der Waals surface area contributed by atoms with Gasteiger partial charge in [0.25, 0.3) is 0 Å². The highest BCUT2D eigenvalue weighted by Gasteiger charge is 2.19. The molecule has 6 nitrogen and oxygen atoms in total. The molecule has 1 unspecified atom stereocenters. The third-order valence-corrected chi connectivity index (χ3v) is 13.6. The fraction of sp³-hybridized carbons (Fsp3) is 0.948. The molecule has 0 aliphatic carbocycles. The van der Waals surface area contributed by atoms with Gasteiger partial charge >= 0.3 is 17.9 Å². The van der Waals surface area contributed by atoms with Crippen molar-refractivity contribution in [1.29, 1.82) is 0 Å². The van der Waals surface area contributed by atoms with Gasteiger partial charge in [0.1, 0.15) is 13.2 Å². The maximum Gasteiger partial charge on any atom is 0.306 e. The summed E-state index contributed by atoms with van der Waals surface area (Å²) in [5.41, 5.74) is 0. The second kappa shape index (κ2) is 50.8. The van der Waals surface area contributed by atoms with Crippen LogP contribution in [0.15, 0.2) is 0 Å². The Hall–Kier alpha value is -1.59. The van der Waals surface area contributed by atoms with Crippen LogP contribution in [0, 0.1) is 11.8 Å². The summed E-state index contributed by atoms with van der Waals surface area (Å²) in [7, 11) is 0. The number of carbonyl (C=O) groups excluding carboxylic acids is 3. The molecule has 0 aliphatic heterocycles. The zero-order chi connectivity index (χ0) is 46.8. The third kappa shape index (κ3) is 49.8. The number of esters is 3. The van der Waals surface area contributed by atoms with Crippen LogP contribution >= 0.6 is 0 Å². The van der Waals surface area contributed by atoms with Gasteiger partial charge in [0.15, 0.2) is 6.10 Å². The highest BCUT2D eigenvalue weighted by Crippen LogP contribution is 2.18. The molecular formula is C58H112O6. The lowest BCUT2D eigenvalue weighted by Gasteiger charge is -2.18. The minimum atomic E-state index is -0.763. The highest BCUT2D eigenvalue weighted by molar-refractivity contribution is 5.71. The second-order valence-electron chi connectivity index (χ2n) is 20.6. The van der Waals surface area contributed by atoms with Crippen molar-refractivity contribution in [2.24, 2.45) is 11.8 Å². The molecule has 0 aromatic carbocycles. The number of carbonyl (C=O) groups is 3. The Labute approximate surface area is 399 Å². The Morgan fingerprint density at radius 3 is 0.891 bits per heavy atom. The lowest BCUT2D eigenvalue weighted by atomic mass is 9.99. The SMILES string of the molecule is CCCCCCCCCCCCCCCCCC(=O)OC[C@H](COC(=O)CCCCCCCCCCC(C)CC)OC(=O)CCCCCCCCCCCCCCCCCCC(C)C. The van der Waals surface area contributed by atoms with Crippen LogP contribution in [0.4, 0.5) is 0 Å². The lowest BCUT2D eigenvalue weighted by Crippen LogP contribution is -2.30. The molecule has 0 spiro atoms. The lowest BCUT2D eigenvalue weighted by molar-refractivity contribution is -0.167. The van der Waals surface area contributed by atoms with E-state index < -0.39 is 6.10 Å². The van der Waals surface area contributed by atoms with Crippen LogP contribution in [0.3, 0.4) is 0 Å². The van der Waals surface area contributed by atoms with Crippen molar-refractivity contribution in [3.63, 3.8) is 0 Å². The molecule has 0 bridgehead atoms. The average Bonchev–Trinajstić information content (AvgIpc) is 3.28. The zero-order valence-corrected chi connectivity index (χ0v) is 43.9. The van der Waals surface area contributed by atoms with Crippen molar-refractivity contribution < 1.29 is 28.6 Å². The first kappa shape index (κ1) is 62.4. The quantitative estimate of drug-likeness (QED) is 0.0344. The van der Waals surface area contributed by atoms with Gasteiger partial charge in [-0.2, -0.15) is 0 Å². The largest absolute Gasteiger partial charge is 0.462 e. The molecule has 380 valence electrons. The van der Waals surface area contributed by atoms with Gasteiger partial charge in [-0.3, -0.25) is 14.4 Å². The van der Waals surface area contributed by atoms with E-state index in [4.69, 9.17) is 14.2 Å². The van der Waals surface area contributed by atoms with Gasteiger partial charge in [-0.25, -0.2) is 0 Å². The Kier molecular flexibility index (Phi) is 49.6. The van der Waals surface area contributed by atoms with E-state index >= 15 is 0 Å². The first-order valence-electron chi connectivity index (χ1n) is 28.8. The van der Waals surface area contributed by atoms with E-state index in [0.717, 1.165) is 69.6 Å². The first-order valence-corrected chi connectivity index (χ1v) is 28.8.